The van der Waals surface area contributed by atoms with Gasteiger partial charge in [0, 0.05) is 26.2 Å². The van der Waals surface area contributed by atoms with E-state index in [9.17, 15) is 9.18 Å². The van der Waals surface area contributed by atoms with Crippen LogP contribution in [0.2, 0.25) is 0 Å². The van der Waals surface area contributed by atoms with Crippen molar-refractivity contribution in [1.29, 1.82) is 0 Å². The lowest BCUT2D eigenvalue weighted by atomic mass is 9.97. The lowest BCUT2D eigenvalue weighted by Gasteiger charge is -2.20. The maximum atomic E-state index is 12.8. The Morgan fingerprint density at radius 1 is 1.33 bits per heavy atom. The fourth-order valence-corrected chi connectivity index (χ4v) is 2.67. The monoisotopic (exact) mass is 333 g/mol. The lowest BCUT2D eigenvalue weighted by Crippen LogP contribution is -2.24. The summed E-state index contributed by atoms with van der Waals surface area (Å²) >= 11 is 0. The van der Waals surface area contributed by atoms with Gasteiger partial charge in [0.15, 0.2) is 0 Å². The number of nitrogens with zero attached hydrogens (tertiary/aromatic N) is 2. The normalized spacial score (nSPS) is 17.6. The molecule has 0 radical (unpaired) electrons. The Labute approximate surface area is 139 Å². The van der Waals surface area contributed by atoms with E-state index in [2.05, 4.69) is 15.5 Å². The molecule has 1 aromatic carbocycles. The molecular weight excluding hydrogens is 313 g/mol. The molecule has 7 heteroatoms. The predicted molar refractivity (Wildman–Crippen MR) is 83.7 cm³/mol. The number of carbonyl (C=O) groups excluding carboxylic acids is 1. The zero-order chi connectivity index (χ0) is 16.8. The predicted octanol–water partition coefficient (Wildman–Crippen LogP) is 2.50. The van der Waals surface area contributed by atoms with Gasteiger partial charge in [-0.1, -0.05) is 17.3 Å². The standard InChI is InChI=1S/C17H20FN3O3/c18-14-6-3-12(4-7-14)10-19-17(22)16-20-15(24-21-16)8-5-13-2-1-9-23-11-13/h3-4,6-7,13H,1-2,5,8-11H2,(H,19,22)/t13-/m0/s1. The van der Waals surface area contributed by atoms with Gasteiger partial charge in [0.05, 0.1) is 0 Å². The number of nitrogens with one attached hydrogen (secondary N) is 1. The average molecular weight is 333 g/mol. The highest BCUT2D eigenvalue weighted by Gasteiger charge is 2.18. The van der Waals surface area contributed by atoms with E-state index < -0.39 is 5.91 Å². The number of rotatable bonds is 6. The molecule has 1 atom stereocenters. The molecule has 0 bridgehead atoms. The highest BCUT2D eigenvalue weighted by molar-refractivity contribution is 5.90. The molecule has 2 aromatic rings. The van der Waals surface area contributed by atoms with E-state index in [1.54, 1.807) is 12.1 Å². The third-order valence-electron chi connectivity index (χ3n) is 4.06. The largest absolute Gasteiger partial charge is 0.381 e. The summed E-state index contributed by atoms with van der Waals surface area (Å²) in [4.78, 5) is 16.1. The van der Waals surface area contributed by atoms with Crippen LogP contribution in [-0.2, 0) is 17.7 Å². The Bertz CT molecular complexity index is 666. The van der Waals surface area contributed by atoms with Crippen molar-refractivity contribution in [1.82, 2.24) is 15.5 Å². The molecule has 1 saturated heterocycles. The molecular formula is C17H20FN3O3. The summed E-state index contributed by atoms with van der Waals surface area (Å²) in [7, 11) is 0. The van der Waals surface area contributed by atoms with Gasteiger partial charge < -0.3 is 14.6 Å². The van der Waals surface area contributed by atoms with Crippen LogP contribution in [-0.4, -0.2) is 29.3 Å². The van der Waals surface area contributed by atoms with Gasteiger partial charge in [0.25, 0.3) is 11.7 Å². The summed E-state index contributed by atoms with van der Waals surface area (Å²) in [6, 6.07) is 5.93. The second-order valence-corrected chi connectivity index (χ2v) is 5.94. The second kappa shape index (κ2) is 8.01. The topological polar surface area (TPSA) is 77.2 Å². The van der Waals surface area contributed by atoms with Crippen LogP contribution in [0.3, 0.4) is 0 Å². The zero-order valence-corrected chi connectivity index (χ0v) is 13.3. The van der Waals surface area contributed by atoms with Gasteiger partial charge in [-0.2, -0.15) is 4.98 Å². The number of hydrogen-bond donors (Lipinski definition) is 1. The highest BCUT2D eigenvalue weighted by Crippen LogP contribution is 2.19. The first-order valence-electron chi connectivity index (χ1n) is 8.13. The molecule has 1 aliphatic heterocycles. The summed E-state index contributed by atoms with van der Waals surface area (Å²) in [5, 5.41) is 6.40. The molecule has 24 heavy (non-hydrogen) atoms. The molecule has 1 aromatic heterocycles. The van der Waals surface area contributed by atoms with Crippen LogP contribution in [0.4, 0.5) is 4.39 Å². The number of benzene rings is 1. The summed E-state index contributed by atoms with van der Waals surface area (Å²) in [6.45, 7) is 1.90. The molecule has 1 N–H and O–H groups in total. The molecule has 0 saturated carbocycles. The number of aromatic nitrogens is 2. The van der Waals surface area contributed by atoms with Crippen LogP contribution in [0.5, 0.6) is 0 Å². The minimum atomic E-state index is -0.407. The second-order valence-electron chi connectivity index (χ2n) is 5.94. The molecule has 2 heterocycles. The van der Waals surface area contributed by atoms with Gasteiger partial charge in [0.2, 0.25) is 5.89 Å². The van der Waals surface area contributed by atoms with E-state index in [0.717, 1.165) is 38.0 Å². The molecule has 1 aliphatic rings. The molecule has 0 spiro atoms. The third kappa shape index (κ3) is 4.61. The minimum Gasteiger partial charge on any atom is -0.381 e. The number of amides is 1. The fraction of sp³-hybridized carbons (Fsp3) is 0.471. The van der Waals surface area contributed by atoms with Crippen molar-refractivity contribution < 1.29 is 18.4 Å². The molecule has 3 rings (SSSR count). The van der Waals surface area contributed by atoms with E-state index >= 15 is 0 Å². The Morgan fingerprint density at radius 3 is 2.92 bits per heavy atom. The van der Waals surface area contributed by atoms with Crippen LogP contribution in [0.25, 0.3) is 0 Å². The summed E-state index contributed by atoms with van der Waals surface area (Å²) in [5.41, 5.74) is 0.797. The van der Waals surface area contributed by atoms with Gasteiger partial charge in [-0.05, 0) is 42.9 Å². The van der Waals surface area contributed by atoms with Crippen molar-refractivity contribution in [3.63, 3.8) is 0 Å². The van der Waals surface area contributed by atoms with E-state index in [4.69, 9.17) is 9.26 Å². The summed E-state index contributed by atoms with van der Waals surface area (Å²) in [6.07, 6.45) is 3.80. The number of aryl methyl sites for hydroxylation is 1. The van der Waals surface area contributed by atoms with Crippen LogP contribution in [0.1, 0.15) is 41.3 Å². The average Bonchev–Trinajstić information content (AvgIpc) is 3.09. The molecule has 1 fully saturated rings. The van der Waals surface area contributed by atoms with Crippen molar-refractivity contribution in [2.24, 2.45) is 5.92 Å². The van der Waals surface area contributed by atoms with Gasteiger partial charge in [0.1, 0.15) is 5.82 Å². The molecule has 1 amide bonds. The lowest BCUT2D eigenvalue weighted by molar-refractivity contribution is 0.0511. The number of carbonyl (C=O) groups is 1. The maximum Gasteiger partial charge on any atom is 0.292 e. The first kappa shape index (κ1) is 16.6. The van der Waals surface area contributed by atoms with Crippen molar-refractivity contribution in [3.8, 4) is 0 Å². The van der Waals surface area contributed by atoms with Crippen molar-refractivity contribution in [2.45, 2.75) is 32.2 Å². The maximum absolute atomic E-state index is 12.8. The smallest absolute Gasteiger partial charge is 0.292 e. The number of ether oxygens (including phenoxy) is 1. The van der Waals surface area contributed by atoms with Gasteiger partial charge in [-0.3, -0.25) is 4.79 Å². The number of hydrogen-bond acceptors (Lipinski definition) is 5. The molecule has 0 unspecified atom stereocenters. The minimum absolute atomic E-state index is 0.0204. The Hall–Kier alpha value is -2.28. The molecule has 0 aliphatic carbocycles. The molecule has 128 valence electrons. The Kier molecular flexibility index (Phi) is 5.53. The van der Waals surface area contributed by atoms with E-state index in [-0.39, 0.29) is 18.2 Å². The van der Waals surface area contributed by atoms with Crippen LogP contribution >= 0.6 is 0 Å². The number of halogens is 1. The first-order valence-corrected chi connectivity index (χ1v) is 8.13. The van der Waals surface area contributed by atoms with E-state index in [1.807, 2.05) is 0 Å². The summed E-state index contributed by atoms with van der Waals surface area (Å²) < 4.78 is 23.4. The van der Waals surface area contributed by atoms with Crippen molar-refractivity contribution >= 4 is 5.91 Å². The van der Waals surface area contributed by atoms with Crippen LogP contribution in [0.15, 0.2) is 28.8 Å². The Balaban J connectivity index is 1.47. The third-order valence-corrected chi connectivity index (χ3v) is 4.06. The quantitative estimate of drug-likeness (QED) is 0.879. The Morgan fingerprint density at radius 2 is 2.17 bits per heavy atom. The van der Waals surface area contributed by atoms with E-state index in [1.165, 1.54) is 12.1 Å². The van der Waals surface area contributed by atoms with Crippen LogP contribution < -0.4 is 5.32 Å². The van der Waals surface area contributed by atoms with Crippen molar-refractivity contribution in [2.75, 3.05) is 13.2 Å². The van der Waals surface area contributed by atoms with E-state index in [0.29, 0.717) is 18.2 Å². The highest BCUT2D eigenvalue weighted by atomic mass is 19.1. The fourth-order valence-electron chi connectivity index (χ4n) is 2.67. The first-order chi connectivity index (χ1) is 11.7. The van der Waals surface area contributed by atoms with Gasteiger partial charge in [-0.25, -0.2) is 4.39 Å². The molecule has 6 nitrogen and oxygen atoms in total. The van der Waals surface area contributed by atoms with Crippen LogP contribution in [0, 0.1) is 11.7 Å². The zero-order valence-electron chi connectivity index (χ0n) is 13.3. The van der Waals surface area contributed by atoms with Gasteiger partial charge >= 0.3 is 0 Å². The van der Waals surface area contributed by atoms with Crippen molar-refractivity contribution in [3.05, 3.63) is 47.4 Å². The van der Waals surface area contributed by atoms with Gasteiger partial charge in [-0.15, -0.1) is 0 Å². The SMILES string of the molecule is O=C(NCc1ccc(F)cc1)c1noc(CC[C@@H]2CCCOC2)n1. The summed E-state index contributed by atoms with van der Waals surface area (Å²) in [5.74, 6) is 0.285.